The predicted octanol–water partition coefficient (Wildman–Crippen LogP) is 4.18. The van der Waals surface area contributed by atoms with E-state index in [9.17, 15) is 8.78 Å². The molecule has 0 amide bonds. The van der Waals surface area contributed by atoms with E-state index in [0.29, 0.717) is 12.0 Å². The Kier molecular flexibility index (Phi) is 5.68. The summed E-state index contributed by atoms with van der Waals surface area (Å²) in [5, 5.41) is 5.46. The fraction of sp³-hybridized carbons (Fsp3) is 0.375. The van der Waals surface area contributed by atoms with E-state index >= 15 is 0 Å². The summed E-state index contributed by atoms with van der Waals surface area (Å²) in [6.07, 6.45) is 2.60. The Morgan fingerprint density at radius 2 is 1.95 bits per heavy atom. The molecule has 0 radical (unpaired) electrons. The molecule has 1 nitrogen and oxygen atoms in total. The molecule has 0 aliphatic heterocycles. The van der Waals surface area contributed by atoms with Gasteiger partial charge in [-0.15, -0.1) is 11.3 Å². The second kappa shape index (κ2) is 7.50. The summed E-state index contributed by atoms with van der Waals surface area (Å²) >= 11 is 1.75. The minimum atomic E-state index is -0.506. The summed E-state index contributed by atoms with van der Waals surface area (Å²) < 4.78 is 26.4. The molecule has 0 saturated heterocycles. The molecule has 1 atom stereocenters. The van der Waals surface area contributed by atoms with Crippen molar-refractivity contribution >= 4 is 11.3 Å². The van der Waals surface area contributed by atoms with Gasteiger partial charge in [-0.2, -0.15) is 0 Å². The molecule has 1 aromatic carbocycles. The van der Waals surface area contributed by atoms with Crippen molar-refractivity contribution in [3.05, 3.63) is 57.8 Å². The van der Waals surface area contributed by atoms with Crippen LogP contribution >= 0.6 is 11.3 Å². The van der Waals surface area contributed by atoms with Gasteiger partial charge in [-0.3, -0.25) is 0 Å². The third-order valence-corrected chi connectivity index (χ3v) is 4.15. The molecular weight excluding hydrogens is 276 g/mol. The van der Waals surface area contributed by atoms with Crippen molar-refractivity contribution in [2.75, 3.05) is 6.54 Å². The lowest BCUT2D eigenvalue weighted by Crippen LogP contribution is -2.31. The predicted molar refractivity (Wildman–Crippen MR) is 80.2 cm³/mol. The van der Waals surface area contributed by atoms with Crippen LogP contribution in [0, 0.1) is 11.6 Å². The summed E-state index contributed by atoms with van der Waals surface area (Å²) in [5.41, 5.74) is 0.708. The van der Waals surface area contributed by atoms with Crippen LogP contribution in [-0.2, 0) is 12.8 Å². The molecule has 0 aliphatic rings. The van der Waals surface area contributed by atoms with Crippen molar-refractivity contribution in [2.24, 2.45) is 0 Å². The number of halogens is 2. The molecule has 20 heavy (non-hydrogen) atoms. The molecule has 0 fully saturated rings. The van der Waals surface area contributed by atoms with Crippen LogP contribution in [0.2, 0.25) is 0 Å². The molecule has 1 N–H and O–H groups in total. The first kappa shape index (κ1) is 15.1. The van der Waals surface area contributed by atoms with Crippen LogP contribution in [0.4, 0.5) is 8.78 Å². The standard InChI is InChI=1S/C16H19F2NS/c1-2-19-15(5-6-16-4-3-7-20-16)10-12-8-13(17)11-14(18)9-12/h3-4,7-9,11,15,19H,2,5-6,10H2,1H3. The number of hydrogen-bond donors (Lipinski definition) is 1. The van der Waals surface area contributed by atoms with Crippen LogP contribution in [0.25, 0.3) is 0 Å². The van der Waals surface area contributed by atoms with Gasteiger partial charge in [0, 0.05) is 17.0 Å². The van der Waals surface area contributed by atoms with Gasteiger partial charge in [0.1, 0.15) is 11.6 Å². The second-order valence-electron chi connectivity index (χ2n) is 4.85. The van der Waals surface area contributed by atoms with E-state index in [0.717, 1.165) is 25.5 Å². The Balaban J connectivity index is 1.97. The lowest BCUT2D eigenvalue weighted by atomic mass is 10.0. The van der Waals surface area contributed by atoms with Crippen molar-refractivity contribution < 1.29 is 8.78 Å². The van der Waals surface area contributed by atoms with Crippen LogP contribution in [0.3, 0.4) is 0 Å². The summed E-state index contributed by atoms with van der Waals surface area (Å²) in [6, 6.07) is 8.15. The number of thiophene rings is 1. The molecule has 4 heteroatoms. The van der Waals surface area contributed by atoms with Crippen molar-refractivity contribution in [1.29, 1.82) is 0 Å². The zero-order valence-corrected chi connectivity index (χ0v) is 12.4. The molecule has 1 unspecified atom stereocenters. The van der Waals surface area contributed by atoms with E-state index < -0.39 is 11.6 Å². The molecular formula is C16H19F2NS. The van der Waals surface area contributed by atoms with E-state index in [1.807, 2.05) is 13.0 Å². The lowest BCUT2D eigenvalue weighted by Gasteiger charge is -2.17. The summed E-state index contributed by atoms with van der Waals surface area (Å²) in [5.74, 6) is -1.01. The minimum Gasteiger partial charge on any atom is -0.314 e. The summed E-state index contributed by atoms with van der Waals surface area (Å²) in [7, 11) is 0. The van der Waals surface area contributed by atoms with E-state index in [4.69, 9.17) is 0 Å². The first-order valence-corrected chi connectivity index (χ1v) is 7.76. The highest BCUT2D eigenvalue weighted by Gasteiger charge is 2.11. The zero-order chi connectivity index (χ0) is 14.4. The van der Waals surface area contributed by atoms with Gasteiger partial charge in [0.2, 0.25) is 0 Å². The van der Waals surface area contributed by atoms with Gasteiger partial charge in [0.15, 0.2) is 0 Å². The highest BCUT2D eigenvalue weighted by molar-refractivity contribution is 7.09. The van der Waals surface area contributed by atoms with Crippen LogP contribution < -0.4 is 5.32 Å². The van der Waals surface area contributed by atoms with Gasteiger partial charge in [0.05, 0.1) is 0 Å². The smallest absolute Gasteiger partial charge is 0.126 e. The van der Waals surface area contributed by atoms with E-state index in [-0.39, 0.29) is 6.04 Å². The fourth-order valence-electron chi connectivity index (χ4n) is 2.35. The Labute approximate surface area is 122 Å². The summed E-state index contributed by atoms with van der Waals surface area (Å²) in [6.45, 7) is 2.90. The van der Waals surface area contributed by atoms with Crippen molar-refractivity contribution in [1.82, 2.24) is 5.32 Å². The number of likely N-dealkylation sites (N-methyl/N-ethyl adjacent to an activating group) is 1. The maximum absolute atomic E-state index is 13.2. The maximum atomic E-state index is 13.2. The normalized spacial score (nSPS) is 12.6. The molecule has 0 bridgehead atoms. The van der Waals surface area contributed by atoms with Gasteiger partial charge in [0.25, 0.3) is 0 Å². The van der Waals surface area contributed by atoms with Crippen LogP contribution in [0.1, 0.15) is 23.8 Å². The Hall–Kier alpha value is -1.26. The van der Waals surface area contributed by atoms with E-state index in [2.05, 4.69) is 16.8 Å². The molecule has 0 spiro atoms. The first-order chi connectivity index (χ1) is 9.67. The Morgan fingerprint density at radius 1 is 1.20 bits per heavy atom. The number of hydrogen-bond acceptors (Lipinski definition) is 2. The minimum absolute atomic E-state index is 0.239. The van der Waals surface area contributed by atoms with Gasteiger partial charge in [-0.05, 0) is 54.9 Å². The molecule has 2 rings (SSSR count). The van der Waals surface area contributed by atoms with Crippen molar-refractivity contribution in [3.63, 3.8) is 0 Å². The molecule has 1 aromatic heterocycles. The SMILES string of the molecule is CCNC(CCc1cccs1)Cc1cc(F)cc(F)c1. The molecule has 1 heterocycles. The van der Waals surface area contributed by atoms with E-state index in [1.54, 1.807) is 11.3 Å². The number of rotatable bonds is 7. The van der Waals surface area contributed by atoms with Gasteiger partial charge in [-0.1, -0.05) is 13.0 Å². The highest BCUT2D eigenvalue weighted by atomic mass is 32.1. The molecule has 108 valence electrons. The first-order valence-electron chi connectivity index (χ1n) is 6.88. The fourth-order valence-corrected chi connectivity index (χ4v) is 3.07. The number of nitrogens with one attached hydrogen (secondary N) is 1. The van der Waals surface area contributed by atoms with Crippen LogP contribution in [0.5, 0.6) is 0 Å². The van der Waals surface area contributed by atoms with Crippen molar-refractivity contribution in [3.8, 4) is 0 Å². The molecule has 2 aromatic rings. The largest absolute Gasteiger partial charge is 0.314 e. The molecule has 0 saturated carbocycles. The average molecular weight is 295 g/mol. The quantitative estimate of drug-likeness (QED) is 0.808. The Bertz CT molecular complexity index is 505. The topological polar surface area (TPSA) is 12.0 Å². The third-order valence-electron chi connectivity index (χ3n) is 3.22. The maximum Gasteiger partial charge on any atom is 0.126 e. The third kappa shape index (κ3) is 4.69. The average Bonchev–Trinajstić information content (AvgIpc) is 2.88. The van der Waals surface area contributed by atoms with Crippen LogP contribution in [-0.4, -0.2) is 12.6 Å². The number of aryl methyl sites for hydroxylation is 1. The number of benzene rings is 1. The second-order valence-corrected chi connectivity index (χ2v) is 5.89. The van der Waals surface area contributed by atoms with Gasteiger partial charge < -0.3 is 5.32 Å². The molecule has 0 aliphatic carbocycles. The van der Waals surface area contributed by atoms with Gasteiger partial charge >= 0.3 is 0 Å². The highest BCUT2D eigenvalue weighted by Crippen LogP contribution is 2.15. The lowest BCUT2D eigenvalue weighted by molar-refractivity contribution is 0.489. The van der Waals surface area contributed by atoms with Gasteiger partial charge in [-0.25, -0.2) is 8.78 Å². The zero-order valence-electron chi connectivity index (χ0n) is 11.5. The summed E-state index contributed by atoms with van der Waals surface area (Å²) in [4.78, 5) is 1.35. The van der Waals surface area contributed by atoms with Crippen molar-refractivity contribution in [2.45, 2.75) is 32.2 Å². The van der Waals surface area contributed by atoms with Crippen LogP contribution in [0.15, 0.2) is 35.7 Å². The Morgan fingerprint density at radius 3 is 2.55 bits per heavy atom. The monoisotopic (exact) mass is 295 g/mol. The van der Waals surface area contributed by atoms with E-state index in [1.165, 1.54) is 17.0 Å².